The third kappa shape index (κ3) is 4.29. The van der Waals surface area contributed by atoms with Crippen LogP contribution in [-0.2, 0) is 21.4 Å². The first kappa shape index (κ1) is 22.8. The lowest BCUT2D eigenvalue weighted by Gasteiger charge is -2.40. The second kappa shape index (κ2) is 8.08. The number of hydrogen-bond acceptors (Lipinski definition) is 6. The average molecular weight is 468 g/mol. The highest BCUT2D eigenvalue weighted by molar-refractivity contribution is 6.08. The molecule has 1 aliphatic carbocycles. The van der Waals surface area contributed by atoms with E-state index in [0.29, 0.717) is 24.8 Å². The van der Waals surface area contributed by atoms with E-state index < -0.39 is 11.6 Å². The fourth-order valence-electron chi connectivity index (χ4n) is 5.44. The summed E-state index contributed by atoms with van der Waals surface area (Å²) in [7, 11) is 1.88. The molecular formula is C25H33N5O4. The number of imide groups is 1. The van der Waals surface area contributed by atoms with Gasteiger partial charge in [0, 0.05) is 30.9 Å². The van der Waals surface area contributed by atoms with Crippen molar-refractivity contribution in [2.45, 2.75) is 69.9 Å². The smallest absolute Gasteiger partial charge is 0.329 e. The zero-order valence-electron chi connectivity index (χ0n) is 20.4. The SMILES string of the molecule is Cn1nc(N2CCC(=O)NC2=O)c2ccc(C3CCN(CC(=O)OC(C)(C)C)C4(CC4)C3)cc21. The van der Waals surface area contributed by atoms with Crippen LogP contribution in [0.4, 0.5) is 10.6 Å². The van der Waals surface area contributed by atoms with E-state index in [1.54, 1.807) is 0 Å². The molecule has 3 heterocycles. The molecule has 5 rings (SSSR count). The van der Waals surface area contributed by atoms with E-state index in [0.717, 1.165) is 43.1 Å². The van der Waals surface area contributed by atoms with Crippen molar-refractivity contribution in [3.8, 4) is 0 Å². The van der Waals surface area contributed by atoms with Gasteiger partial charge in [-0.1, -0.05) is 6.07 Å². The van der Waals surface area contributed by atoms with E-state index in [1.165, 1.54) is 10.5 Å². The number of benzene rings is 1. The van der Waals surface area contributed by atoms with Crippen molar-refractivity contribution in [1.82, 2.24) is 20.0 Å². The lowest BCUT2D eigenvalue weighted by molar-refractivity contribution is -0.157. The highest BCUT2D eigenvalue weighted by Gasteiger charge is 2.52. The average Bonchev–Trinajstić information content (AvgIpc) is 3.44. The lowest BCUT2D eigenvalue weighted by atomic mass is 9.83. The maximum atomic E-state index is 12.4. The molecule has 1 N–H and O–H groups in total. The molecule has 1 saturated carbocycles. The van der Waals surface area contributed by atoms with Gasteiger partial charge in [0.05, 0.1) is 12.1 Å². The number of carbonyl (C=O) groups is 3. The monoisotopic (exact) mass is 467 g/mol. The van der Waals surface area contributed by atoms with E-state index in [4.69, 9.17) is 4.74 Å². The van der Waals surface area contributed by atoms with Gasteiger partial charge >= 0.3 is 12.0 Å². The van der Waals surface area contributed by atoms with Crippen molar-refractivity contribution in [2.24, 2.45) is 7.05 Å². The summed E-state index contributed by atoms with van der Waals surface area (Å²) in [4.78, 5) is 40.2. The number of rotatable bonds is 4. The Morgan fingerprint density at radius 1 is 1.24 bits per heavy atom. The number of esters is 1. The van der Waals surface area contributed by atoms with Crippen LogP contribution in [0.15, 0.2) is 18.2 Å². The molecule has 2 aromatic rings. The molecule has 3 aliphatic rings. The number of fused-ring (bicyclic) bond motifs is 1. The van der Waals surface area contributed by atoms with Gasteiger partial charge in [0.1, 0.15) is 5.60 Å². The standard InChI is InChI=1S/C25H33N5O4/c1-24(2,3)34-21(32)15-29-11-7-17(14-25(29)9-10-25)16-5-6-18-19(13-16)28(4)27-22(18)30-12-8-20(31)26-23(30)33/h5-6,13,17H,7-12,14-15H2,1-4H3,(H,26,31,33). The number of piperidine rings is 1. The molecule has 182 valence electrons. The van der Waals surface area contributed by atoms with Crippen LogP contribution in [0.2, 0.25) is 0 Å². The summed E-state index contributed by atoms with van der Waals surface area (Å²) in [5, 5.41) is 7.87. The number of ether oxygens (including phenoxy) is 1. The number of aryl methyl sites for hydroxylation is 1. The van der Waals surface area contributed by atoms with Gasteiger partial charge in [-0.25, -0.2) is 4.79 Å². The van der Waals surface area contributed by atoms with E-state index in [9.17, 15) is 14.4 Å². The van der Waals surface area contributed by atoms with Gasteiger partial charge in [0.25, 0.3) is 0 Å². The molecule has 1 unspecified atom stereocenters. The number of nitrogens with one attached hydrogen (secondary N) is 1. The number of aromatic nitrogens is 2. The first-order chi connectivity index (χ1) is 16.0. The Balaban J connectivity index is 1.33. The summed E-state index contributed by atoms with van der Waals surface area (Å²) in [6, 6.07) is 5.95. The molecule has 2 aliphatic heterocycles. The molecule has 2 saturated heterocycles. The minimum absolute atomic E-state index is 0.102. The molecule has 3 amide bonds. The number of nitrogens with zero attached hydrogens (tertiary/aromatic N) is 4. The Morgan fingerprint density at radius 3 is 2.68 bits per heavy atom. The molecule has 1 aromatic carbocycles. The summed E-state index contributed by atoms with van der Waals surface area (Å²) in [5.74, 6) is 0.594. The van der Waals surface area contributed by atoms with Crippen LogP contribution in [0.5, 0.6) is 0 Å². The van der Waals surface area contributed by atoms with Gasteiger partial charge in [-0.05, 0) is 76.6 Å². The predicted octanol–water partition coefficient (Wildman–Crippen LogP) is 3.07. The molecule has 1 atom stereocenters. The second-order valence-corrected chi connectivity index (χ2v) is 10.9. The maximum Gasteiger partial charge on any atom is 0.329 e. The first-order valence-corrected chi connectivity index (χ1v) is 12.1. The van der Waals surface area contributed by atoms with Crippen LogP contribution in [0.3, 0.4) is 0 Å². The quantitative estimate of drug-likeness (QED) is 0.694. The van der Waals surface area contributed by atoms with E-state index >= 15 is 0 Å². The summed E-state index contributed by atoms with van der Waals surface area (Å²) < 4.78 is 7.37. The molecule has 1 aromatic heterocycles. The van der Waals surface area contributed by atoms with Gasteiger partial charge in [-0.2, -0.15) is 5.10 Å². The van der Waals surface area contributed by atoms with Crippen LogP contribution in [-0.4, -0.2) is 63.4 Å². The van der Waals surface area contributed by atoms with Crippen molar-refractivity contribution in [3.63, 3.8) is 0 Å². The van der Waals surface area contributed by atoms with Crippen LogP contribution >= 0.6 is 0 Å². The first-order valence-electron chi connectivity index (χ1n) is 12.1. The number of carbonyl (C=O) groups excluding carboxylic acids is 3. The Labute approximate surface area is 199 Å². The largest absolute Gasteiger partial charge is 0.459 e. The number of hydrogen-bond donors (Lipinski definition) is 1. The minimum atomic E-state index is -0.464. The molecule has 9 nitrogen and oxygen atoms in total. The summed E-state index contributed by atoms with van der Waals surface area (Å²) in [6.07, 6.45) is 4.52. The van der Waals surface area contributed by atoms with Gasteiger partial charge in [0.15, 0.2) is 5.82 Å². The third-order valence-electron chi connectivity index (χ3n) is 7.25. The Bertz CT molecular complexity index is 1160. The van der Waals surface area contributed by atoms with Crippen molar-refractivity contribution in [3.05, 3.63) is 23.8 Å². The minimum Gasteiger partial charge on any atom is -0.459 e. The van der Waals surface area contributed by atoms with Crippen LogP contribution in [0.1, 0.15) is 64.4 Å². The van der Waals surface area contributed by atoms with Gasteiger partial charge < -0.3 is 4.74 Å². The van der Waals surface area contributed by atoms with E-state index in [-0.39, 0.29) is 23.8 Å². The molecule has 34 heavy (non-hydrogen) atoms. The van der Waals surface area contributed by atoms with Gasteiger partial charge in [-0.3, -0.25) is 29.4 Å². The van der Waals surface area contributed by atoms with Crippen LogP contribution in [0.25, 0.3) is 10.9 Å². The number of amides is 3. The Kier molecular flexibility index (Phi) is 5.42. The number of likely N-dealkylation sites (tertiary alicyclic amines) is 1. The number of urea groups is 1. The van der Waals surface area contributed by atoms with Crippen LogP contribution in [0, 0.1) is 0 Å². The van der Waals surface area contributed by atoms with Crippen molar-refractivity contribution >= 4 is 34.6 Å². The van der Waals surface area contributed by atoms with Crippen molar-refractivity contribution < 1.29 is 19.1 Å². The summed E-state index contributed by atoms with van der Waals surface area (Å²) in [6.45, 7) is 7.27. The molecular weight excluding hydrogens is 434 g/mol. The number of anilines is 1. The molecule has 0 radical (unpaired) electrons. The third-order valence-corrected chi connectivity index (χ3v) is 7.25. The maximum absolute atomic E-state index is 12.4. The van der Waals surface area contributed by atoms with Gasteiger partial charge in [-0.15, -0.1) is 0 Å². The van der Waals surface area contributed by atoms with Crippen LogP contribution < -0.4 is 10.2 Å². The normalized spacial score (nSPS) is 22.8. The highest BCUT2D eigenvalue weighted by Crippen LogP contribution is 2.52. The predicted molar refractivity (Wildman–Crippen MR) is 128 cm³/mol. The summed E-state index contributed by atoms with van der Waals surface area (Å²) in [5.41, 5.74) is 1.88. The lowest BCUT2D eigenvalue weighted by Crippen LogP contribution is -2.49. The summed E-state index contributed by atoms with van der Waals surface area (Å²) >= 11 is 0. The zero-order chi connectivity index (χ0) is 24.3. The Morgan fingerprint density at radius 2 is 2.00 bits per heavy atom. The fourth-order valence-corrected chi connectivity index (χ4v) is 5.44. The molecule has 0 bridgehead atoms. The fraction of sp³-hybridized carbons (Fsp3) is 0.600. The van der Waals surface area contributed by atoms with Crippen molar-refractivity contribution in [1.29, 1.82) is 0 Å². The van der Waals surface area contributed by atoms with Gasteiger partial charge in [0.2, 0.25) is 5.91 Å². The van der Waals surface area contributed by atoms with E-state index in [1.807, 2.05) is 38.6 Å². The molecule has 9 heteroatoms. The van der Waals surface area contributed by atoms with Crippen molar-refractivity contribution in [2.75, 3.05) is 24.5 Å². The molecule has 1 spiro atoms. The highest BCUT2D eigenvalue weighted by atomic mass is 16.6. The topological polar surface area (TPSA) is 96.8 Å². The van der Waals surface area contributed by atoms with E-state index in [2.05, 4.69) is 27.4 Å². The Hall–Kier alpha value is -2.94. The zero-order valence-corrected chi connectivity index (χ0v) is 20.4. The second-order valence-electron chi connectivity index (χ2n) is 10.9. The molecule has 3 fully saturated rings.